The Bertz CT molecular complexity index is 607. The van der Waals surface area contributed by atoms with Gasteiger partial charge in [-0.05, 0) is 12.1 Å². The number of nitrogens with one attached hydrogen (secondary N) is 2. The highest BCUT2D eigenvalue weighted by molar-refractivity contribution is 5.83. The number of aromatic nitrogens is 3. The summed E-state index contributed by atoms with van der Waals surface area (Å²) in [6.07, 6.45) is 1.22. The zero-order chi connectivity index (χ0) is 11.5. The predicted molar refractivity (Wildman–Crippen MR) is 56.8 cm³/mol. The zero-order valence-electron chi connectivity index (χ0n) is 8.04. The maximum Gasteiger partial charge on any atom is 0.365 e. The van der Waals surface area contributed by atoms with Gasteiger partial charge < -0.3 is 5.11 Å². The third-order valence-electron chi connectivity index (χ3n) is 1.91. The number of nitrogens with zero attached hydrogens (tertiary/aromatic N) is 2. The van der Waals surface area contributed by atoms with Crippen molar-refractivity contribution >= 4 is 6.21 Å². The van der Waals surface area contributed by atoms with Crippen LogP contribution in [0.1, 0.15) is 5.56 Å². The lowest BCUT2D eigenvalue weighted by molar-refractivity contribution is 0.474. The van der Waals surface area contributed by atoms with Gasteiger partial charge in [-0.3, -0.25) is 0 Å². The lowest BCUT2D eigenvalue weighted by Gasteiger charge is -1.95. The van der Waals surface area contributed by atoms with Crippen LogP contribution >= 0.6 is 0 Å². The number of hydrogen-bond acceptors (Lipinski definition) is 4. The average molecular weight is 220 g/mol. The van der Waals surface area contributed by atoms with Crippen molar-refractivity contribution in [2.45, 2.75) is 0 Å². The summed E-state index contributed by atoms with van der Waals surface area (Å²) in [5.74, 6) is 0.0197. The highest BCUT2D eigenvalue weighted by atomic mass is 16.3. The molecule has 3 N–H and O–H groups in total. The Morgan fingerprint density at radius 3 is 2.44 bits per heavy atom. The molecule has 0 amide bonds. The molecule has 1 aromatic carbocycles. The van der Waals surface area contributed by atoms with Crippen LogP contribution in [0.5, 0.6) is 5.75 Å². The normalized spacial score (nSPS) is 11.0. The molecular weight excluding hydrogens is 212 g/mol. The minimum Gasteiger partial charge on any atom is -0.507 e. The number of aromatic hydroxyl groups is 1. The molecule has 0 radical (unpaired) electrons. The Morgan fingerprint density at radius 1 is 1.19 bits per heavy atom. The van der Waals surface area contributed by atoms with E-state index in [-0.39, 0.29) is 5.75 Å². The largest absolute Gasteiger partial charge is 0.507 e. The van der Waals surface area contributed by atoms with E-state index in [1.54, 1.807) is 18.2 Å². The molecule has 1 heterocycles. The molecule has 0 atom stereocenters. The molecule has 0 aliphatic heterocycles. The van der Waals surface area contributed by atoms with Crippen molar-refractivity contribution in [1.82, 2.24) is 14.9 Å². The maximum atomic E-state index is 11.0. The summed E-state index contributed by atoms with van der Waals surface area (Å²) < 4.78 is 0.617. The molecule has 0 aliphatic carbocycles. The second-order valence-corrected chi connectivity index (χ2v) is 2.98. The van der Waals surface area contributed by atoms with E-state index in [2.05, 4.69) is 15.3 Å². The summed E-state index contributed by atoms with van der Waals surface area (Å²) in [5, 5.41) is 17.2. The summed E-state index contributed by atoms with van der Waals surface area (Å²) >= 11 is 0. The van der Waals surface area contributed by atoms with Crippen molar-refractivity contribution in [3.05, 3.63) is 50.8 Å². The van der Waals surface area contributed by atoms with Crippen molar-refractivity contribution in [3.63, 3.8) is 0 Å². The van der Waals surface area contributed by atoms with E-state index in [9.17, 15) is 14.7 Å². The molecule has 0 spiro atoms. The van der Waals surface area contributed by atoms with Crippen LogP contribution in [0.2, 0.25) is 0 Å². The van der Waals surface area contributed by atoms with E-state index in [0.29, 0.717) is 10.2 Å². The SMILES string of the molecule is O=c1[nH][nH]c(=O)n1/N=C\c1ccccc1O. The number of hydrogen-bond donors (Lipinski definition) is 3. The number of aromatic amines is 2. The van der Waals surface area contributed by atoms with E-state index >= 15 is 0 Å². The smallest absolute Gasteiger partial charge is 0.365 e. The van der Waals surface area contributed by atoms with Crippen molar-refractivity contribution < 1.29 is 5.11 Å². The summed E-state index contributed by atoms with van der Waals surface area (Å²) in [6, 6.07) is 6.43. The lowest BCUT2D eigenvalue weighted by Crippen LogP contribution is -2.22. The van der Waals surface area contributed by atoms with Crippen LogP contribution < -0.4 is 11.4 Å². The highest BCUT2D eigenvalue weighted by Gasteiger charge is 2.00. The Kier molecular flexibility index (Phi) is 2.42. The first-order valence-corrected chi connectivity index (χ1v) is 4.40. The van der Waals surface area contributed by atoms with E-state index in [1.165, 1.54) is 12.3 Å². The zero-order valence-corrected chi connectivity index (χ0v) is 8.04. The van der Waals surface area contributed by atoms with Gasteiger partial charge in [0.1, 0.15) is 5.75 Å². The monoisotopic (exact) mass is 220 g/mol. The molecule has 0 bridgehead atoms. The van der Waals surface area contributed by atoms with Gasteiger partial charge in [0.15, 0.2) is 0 Å². The molecule has 0 saturated heterocycles. The number of phenolic OH excluding ortho intramolecular Hbond substituents is 1. The molecule has 16 heavy (non-hydrogen) atoms. The van der Waals surface area contributed by atoms with Crippen molar-refractivity contribution in [2.75, 3.05) is 0 Å². The van der Waals surface area contributed by atoms with E-state index in [0.717, 1.165) is 0 Å². The summed E-state index contributed by atoms with van der Waals surface area (Å²) in [6.45, 7) is 0. The fourth-order valence-corrected chi connectivity index (χ4v) is 1.13. The Morgan fingerprint density at radius 2 is 1.81 bits per heavy atom. The molecule has 82 valence electrons. The van der Waals surface area contributed by atoms with Crippen LogP contribution in [-0.4, -0.2) is 26.2 Å². The second kappa shape index (κ2) is 3.89. The van der Waals surface area contributed by atoms with Crippen molar-refractivity contribution in [3.8, 4) is 5.75 Å². The molecule has 7 nitrogen and oxygen atoms in total. The topological polar surface area (TPSA) is 103 Å². The molecule has 0 fully saturated rings. The van der Waals surface area contributed by atoms with Crippen molar-refractivity contribution in [1.29, 1.82) is 0 Å². The van der Waals surface area contributed by atoms with E-state index in [4.69, 9.17) is 0 Å². The minimum atomic E-state index is -0.670. The van der Waals surface area contributed by atoms with Crippen LogP contribution in [0.4, 0.5) is 0 Å². The highest BCUT2D eigenvalue weighted by Crippen LogP contribution is 2.12. The molecule has 0 unspecified atom stereocenters. The second-order valence-electron chi connectivity index (χ2n) is 2.98. The van der Waals surface area contributed by atoms with Gasteiger partial charge in [-0.25, -0.2) is 19.8 Å². The van der Waals surface area contributed by atoms with Crippen LogP contribution in [0, 0.1) is 0 Å². The van der Waals surface area contributed by atoms with Gasteiger partial charge in [-0.2, -0.15) is 5.10 Å². The Hall–Kier alpha value is -2.57. The summed E-state index contributed by atoms with van der Waals surface area (Å²) in [5.41, 5.74) is -0.927. The molecule has 0 saturated carbocycles. The number of benzene rings is 1. The summed E-state index contributed by atoms with van der Waals surface area (Å²) in [7, 11) is 0. The third-order valence-corrected chi connectivity index (χ3v) is 1.91. The van der Waals surface area contributed by atoms with E-state index < -0.39 is 11.4 Å². The number of phenols is 1. The standard InChI is InChI=1S/C9H8N4O3/c14-7-4-2-1-3-6(7)5-10-13-8(15)11-12-9(13)16/h1-5,14H,(H,11,15)(H,12,16)/b10-5-. The van der Waals surface area contributed by atoms with Crippen LogP contribution in [0.3, 0.4) is 0 Å². The minimum absolute atomic E-state index is 0.0197. The van der Waals surface area contributed by atoms with Gasteiger partial charge in [0, 0.05) is 5.56 Å². The quantitative estimate of drug-likeness (QED) is 0.591. The van der Waals surface area contributed by atoms with Gasteiger partial charge in [0.25, 0.3) is 0 Å². The van der Waals surface area contributed by atoms with Gasteiger partial charge in [-0.15, -0.1) is 4.68 Å². The number of H-pyrrole nitrogens is 2. The first-order chi connectivity index (χ1) is 7.68. The average Bonchev–Trinajstić information content (AvgIpc) is 2.58. The van der Waals surface area contributed by atoms with Crippen LogP contribution in [0.25, 0.3) is 0 Å². The fraction of sp³-hybridized carbons (Fsp3) is 0. The Balaban J connectivity index is 2.40. The van der Waals surface area contributed by atoms with E-state index in [1.807, 2.05) is 0 Å². The van der Waals surface area contributed by atoms with Crippen molar-refractivity contribution in [2.24, 2.45) is 5.10 Å². The molecule has 2 rings (SSSR count). The van der Waals surface area contributed by atoms with Gasteiger partial charge in [-0.1, -0.05) is 12.1 Å². The summed E-state index contributed by atoms with van der Waals surface area (Å²) in [4.78, 5) is 22.1. The number of para-hydroxylation sites is 1. The van der Waals surface area contributed by atoms with Gasteiger partial charge in [0.05, 0.1) is 6.21 Å². The number of rotatable bonds is 2. The Labute approximate surface area is 88.7 Å². The first-order valence-electron chi connectivity index (χ1n) is 4.40. The predicted octanol–water partition coefficient (Wildman–Crippen LogP) is -0.548. The van der Waals surface area contributed by atoms with Gasteiger partial charge in [0.2, 0.25) is 0 Å². The fourth-order valence-electron chi connectivity index (χ4n) is 1.13. The molecule has 0 aliphatic rings. The molecule has 2 aromatic rings. The van der Waals surface area contributed by atoms with Crippen LogP contribution in [0.15, 0.2) is 39.0 Å². The van der Waals surface area contributed by atoms with Crippen LogP contribution in [-0.2, 0) is 0 Å². The van der Waals surface area contributed by atoms with Gasteiger partial charge >= 0.3 is 11.4 Å². The molecular formula is C9H8N4O3. The molecule has 1 aromatic heterocycles. The lowest BCUT2D eigenvalue weighted by atomic mass is 10.2. The third kappa shape index (κ3) is 1.78. The molecule has 7 heteroatoms. The first kappa shape index (κ1) is 9.97. The maximum absolute atomic E-state index is 11.0.